The summed E-state index contributed by atoms with van der Waals surface area (Å²) in [5.41, 5.74) is 12.7. The van der Waals surface area contributed by atoms with Crippen LogP contribution < -0.4 is 16.2 Å². The van der Waals surface area contributed by atoms with Gasteiger partial charge in [-0.25, -0.2) is 0 Å². The van der Waals surface area contributed by atoms with E-state index in [0.29, 0.717) is 6.42 Å². The molecule has 25 heavy (non-hydrogen) atoms. The molecule has 2 aromatic rings. The summed E-state index contributed by atoms with van der Waals surface area (Å²) < 4.78 is 5.87. The van der Waals surface area contributed by atoms with Crippen molar-refractivity contribution in [3.63, 3.8) is 0 Å². The summed E-state index contributed by atoms with van der Waals surface area (Å²) in [5, 5.41) is 0. The lowest BCUT2D eigenvalue weighted by Gasteiger charge is -2.12. The fourth-order valence-electron chi connectivity index (χ4n) is 2.74. The van der Waals surface area contributed by atoms with E-state index >= 15 is 0 Å². The molecule has 5 heteroatoms. The molecule has 0 saturated heterocycles. The van der Waals surface area contributed by atoms with Crippen LogP contribution in [0.1, 0.15) is 30.4 Å². The number of rotatable bonds is 9. The van der Waals surface area contributed by atoms with Crippen molar-refractivity contribution in [1.82, 2.24) is 0 Å². The first-order chi connectivity index (χ1) is 12.0. The highest BCUT2D eigenvalue weighted by atomic mass is 16.5. The predicted octanol–water partition coefficient (Wildman–Crippen LogP) is 3.09. The molecule has 0 fully saturated rings. The summed E-state index contributed by atoms with van der Waals surface area (Å²) in [6.45, 7) is 2.00. The first-order valence-electron chi connectivity index (χ1n) is 8.35. The highest BCUT2D eigenvalue weighted by Crippen LogP contribution is 2.26. The van der Waals surface area contributed by atoms with Gasteiger partial charge in [-0.15, -0.1) is 0 Å². The SMILES string of the molecule is Cc1cc(CCC[C@H](CC(N)=O)C(N)=O)ccc1Oc1ccccc1. The van der Waals surface area contributed by atoms with E-state index < -0.39 is 17.7 Å². The Morgan fingerprint density at radius 3 is 2.40 bits per heavy atom. The van der Waals surface area contributed by atoms with Gasteiger partial charge in [-0.05, 0) is 55.5 Å². The summed E-state index contributed by atoms with van der Waals surface area (Å²) in [4.78, 5) is 22.3. The van der Waals surface area contributed by atoms with Crippen molar-refractivity contribution in [2.75, 3.05) is 0 Å². The number of nitrogens with two attached hydrogens (primary N) is 2. The van der Waals surface area contributed by atoms with Crippen LogP contribution in [0.15, 0.2) is 48.5 Å². The minimum Gasteiger partial charge on any atom is -0.457 e. The van der Waals surface area contributed by atoms with Crippen molar-refractivity contribution >= 4 is 11.8 Å². The minimum atomic E-state index is -0.498. The Morgan fingerprint density at radius 1 is 1.08 bits per heavy atom. The smallest absolute Gasteiger partial charge is 0.221 e. The Bertz CT molecular complexity index is 729. The molecule has 4 N–H and O–H groups in total. The molecule has 132 valence electrons. The Hall–Kier alpha value is -2.82. The average molecular weight is 340 g/mol. The number of hydrogen-bond donors (Lipinski definition) is 2. The van der Waals surface area contributed by atoms with Gasteiger partial charge < -0.3 is 16.2 Å². The zero-order valence-electron chi connectivity index (χ0n) is 14.4. The fourth-order valence-corrected chi connectivity index (χ4v) is 2.74. The summed E-state index contributed by atoms with van der Waals surface area (Å²) in [5.74, 6) is 0.163. The van der Waals surface area contributed by atoms with Crippen LogP contribution in [0.5, 0.6) is 11.5 Å². The molecule has 0 spiro atoms. The maximum Gasteiger partial charge on any atom is 0.221 e. The first kappa shape index (κ1) is 18.5. The van der Waals surface area contributed by atoms with Crippen LogP contribution in [0.25, 0.3) is 0 Å². The molecule has 2 rings (SSSR count). The maximum absolute atomic E-state index is 11.3. The molecule has 0 aliphatic heterocycles. The van der Waals surface area contributed by atoms with E-state index in [9.17, 15) is 9.59 Å². The molecule has 0 radical (unpaired) electrons. The summed E-state index contributed by atoms with van der Waals surface area (Å²) >= 11 is 0. The second-order valence-corrected chi connectivity index (χ2v) is 6.18. The van der Waals surface area contributed by atoms with E-state index in [1.807, 2.05) is 49.4 Å². The molecule has 0 aromatic heterocycles. The van der Waals surface area contributed by atoms with Crippen LogP contribution in [0.2, 0.25) is 0 Å². The molecule has 1 atom stereocenters. The lowest BCUT2D eigenvalue weighted by molar-refractivity contribution is -0.127. The molecule has 0 aliphatic rings. The number of carbonyl (C=O) groups is 2. The van der Waals surface area contributed by atoms with E-state index in [4.69, 9.17) is 16.2 Å². The Kier molecular flexibility index (Phi) is 6.57. The van der Waals surface area contributed by atoms with Crippen molar-refractivity contribution in [1.29, 1.82) is 0 Å². The largest absolute Gasteiger partial charge is 0.457 e. The van der Waals surface area contributed by atoms with Crippen LogP contribution >= 0.6 is 0 Å². The number of benzene rings is 2. The Morgan fingerprint density at radius 2 is 1.80 bits per heavy atom. The highest BCUT2D eigenvalue weighted by molar-refractivity contribution is 5.83. The fraction of sp³-hybridized carbons (Fsp3) is 0.300. The zero-order chi connectivity index (χ0) is 18.2. The lowest BCUT2D eigenvalue weighted by atomic mass is 9.95. The normalized spacial score (nSPS) is 11.7. The summed E-state index contributed by atoms with van der Waals surface area (Å²) in [6, 6.07) is 15.7. The van der Waals surface area contributed by atoms with E-state index in [0.717, 1.165) is 35.5 Å². The molecule has 2 amide bonds. The average Bonchev–Trinajstić information content (AvgIpc) is 2.57. The second kappa shape index (κ2) is 8.87. The van der Waals surface area contributed by atoms with Crippen molar-refractivity contribution in [2.24, 2.45) is 17.4 Å². The molecule has 5 nitrogen and oxygen atoms in total. The van der Waals surface area contributed by atoms with Crippen LogP contribution in [0.4, 0.5) is 0 Å². The van der Waals surface area contributed by atoms with Crippen LogP contribution in [-0.2, 0) is 16.0 Å². The monoisotopic (exact) mass is 340 g/mol. The van der Waals surface area contributed by atoms with Gasteiger partial charge in [-0.2, -0.15) is 0 Å². The lowest BCUT2D eigenvalue weighted by Crippen LogP contribution is -2.28. The third-order valence-electron chi connectivity index (χ3n) is 4.08. The van der Waals surface area contributed by atoms with Crippen molar-refractivity contribution < 1.29 is 14.3 Å². The van der Waals surface area contributed by atoms with Gasteiger partial charge in [0.2, 0.25) is 11.8 Å². The van der Waals surface area contributed by atoms with Gasteiger partial charge in [0.05, 0.1) is 0 Å². The molecule has 0 heterocycles. The van der Waals surface area contributed by atoms with Crippen molar-refractivity contribution in [3.8, 4) is 11.5 Å². The number of amides is 2. The quantitative estimate of drug-likeness (QED) is 0.734. The van der Waals surface area contributed by atoms with Crippen LogP contribution in [0, 0.1) is 12.8 Å². The predicted molar refractivity (Wildman–Crippen MR) is 97.1 cm³/mol. The number of primary amides is 2. The van der Waals surface area contributed by atoms with E-state index in [1.54, 1.807) is 0 Å². The summed E-state index contributed by atoms with van der Waals surface area (Å²) in [7, 11) is 0. The molecular weight excluding hydrogens is 316 g/mol. The van der Waals surface area contributed by atoms with E-state index in [2.05, 4.69) is 6.07 Å². The van der Waals surface area contributed by atoms with Gasteiger partial charge in [-0.3, -0.25) is 9.59 Å². The van der Waals surface area contributed by atoms with Gasteiger partial charge in [0.1, 0.15) is 11.5 Å². The molecule has 0 unspecified atom stereocenters. The van der Waals surface area contributed by atoms with Gasteiger partial charge in [0.15, 0.2) is 0 Å². The molecule has 2 aromatic carbocycles. The van der Waals surface area contributed by atoms with Gasteiger partial charge in [-0.1, -0.05) is 30.3 Å². The zero-order valence-corrected chi connectivity index (χ0v) is 14.4. The standard InChI is InChI=1S/C20H24N2O3/c1-14-12-15(6-5-7-16(20(22)24)13-19(21)23)10-11-18(14)25-17-8-3-2-4-9-17/h2-4,8-12,16H,5-7,13H2,1H3,(H2,21,23)(H2,22,24)/t16-/m1/s1. The van der Waals surface area contributed by atoms with E-state index in [-0.39, 0.29) is 6.42 Å². The van der Waals surface area contributed by atoms with Gasteiger partial charge >= 0.3 is 0 Å². The highest BCUT2D eigenvalue weighted by Gasteiger charge is 2.17. The third-order valence-corrected chi connectivity index (χ3v) is 4.08. The number of carbonyl (C=O) groups excluding carboxylic acids is 2. The van der Waals surface area contributed by atoms with E-state index in [1.165, 1.54) is 0 Å². The second-order valence-electron chi connectivity index (χ2n) is 6.18. The molecule has 0 saturated carbocycles. The molecule has 0 aliphatic carbocycles. The van der Waals surface area contributed by atoms with Crippen molar-refractivity contribution in [2.45, 2.75) is 32.6 Å². The number of hydrogen-bond acceptors (Lipinski definition) is 3. The topological polar surface area (TPSA) is 95.4 Å². The van der Waals surface area contributed by atoms with Gasteiger partial charge in [0.25, 0.3) is 0 Å². The third kappa shape index (κ3) is 5.95. The molecule has 0 bridgehead atoms. The number of para-hydroxylation sites is 1. The number of ether oxygens (including phenoxy) is 1. The van der Waals surface area contributed by atoms with Gasteiger partial charge in [0, 0.05) is 12.3 Å². The van der Waals surface area contributed by atoms with Crippen LogP contribution in [0.3, 0.4) is 0 Å². The number of aryl methyl sites for hydroxylation is 2. The van der Waals surface area contributed by atoms with Crippen LogP contribution in [-0.4, -0.2) is 11.8 Å². The first-order valence-corrected chi connectivity index (χ1v) is 8.35. The van der Waals surface area contributed by atoms with Crippen molar-refractivity contribution in [3.05, 3.63) is 59.7 Å². The Balaban J connectivity index is 1.92. The minimum absolute atomic E-state index is 0.0121. The maximum atomic E-state index is 11.3. The summed E-state index contributed by atoms with van der Waals surface area (Å²) in [6.07, 6.45) is 2.13. The molecular formula is C20H24N2O3. The Labute approximate surface area is 148 Å².